The zero-order valence-corrected chi connectivity index (χ0v) is 9.20. The minimum atomic E-state index is -0.110. The molecule has 1 heterocycles. The summed E-state index contributed by atoms with van der Waals surface area (Å²) in [5, 5.41) is 2.56. The average Bonchev–Trinajstić information content (AvgIpc) is 2.24. The van der Waals surface area contributed by atoms with Crippen LogP contribution in [0.2, 0.25) is 0 Å². The average molecular weight is 219 g/mol. The van der Waals surface area contributed by atoms with Crippen molar-refractivity contribution in [3.8, 4) is 17.7 Å². The van der Waals surface area contributed by atoms with Gasteiger partial charge in [-0.3, -0.25) is 4.79 Å². The van der Waals surface area contributed by atoms with Crippen molar-refractivity contribution in [1.82, 2.24) is 10.3 Å². The Morgan fingerprint density at radius 1 is 1.69 bits per heavy atom. The second kappa shape index (κ2) is 5.61. The van der Waals surface area contributed by atoms with Gasteiger partial charge in [-0.15, -0.1) is 0 Å². The number of nitrogen functional groups attached to an aromatic ring is 1. The Balaban J connectivity index is 2.67. The molecular formula is C11H13N3O2. The molecule has 0 aromatic carbocycles. The number of nitrogens with two attached hydrogens (primary N) is 1. The number of hydrogen-bond acceptors (Lipinski definition) is 4. The van der Waals surface area contributed by atoms with Crippen molar-refractivity contribution >= 4 is 11.6 Å². The van der Waals surface area contributed by atoms with Gasteiger partial charge in [0.25, 0.3) is 0 Å². The number of hydrogen-bond donors (Lipinski definition) is 2. The van der Waals surface area contributed by atoms with Gasteiger partial charge in [0.1, 0.15) is 0 Å². The van der Waals surface area contributed by atoms with Gasteiger partial charge in [0.05, 0.1) is 19.3 Å². The number of aromatic nitrogens is 1. The molecule has 3 N–H and O–H groups in total. The van der Waals surface area contributed by atoms with Gasteiger partial charge in [0.15, 0.2) is 0 Å². The van der Waals surface area contributed by atoms with E-state index in [1.54, 1.807) is 12.3 Å². The number of nitrogens with one attached hydrogen (secondary N) is 1. The van der Waals surface area contributed by atoms with E-state index in [2.05, 4.69) is 22.1 Å². The first-order chi connectivity index (χ1) is 7.63. The van der Waals surface area contributed by atoms with Gasteiger partial charge in [-0.25, -0.2) is 4.98 Å². The van der Waals surface area contributed by atoms with Gasteiger partial charge in [0, 0.05) is 18.7 Å². The van der Waals surface area contributed by atoms with Crippen molar-refractivity contribution in [1.29, 1.82) is 0 Å². The number of nitrogens with zero attached hydrogens (tertiary/aromatic N) is 1. The highest BCUT2D eigenvalue weighted by Gasteiger charge is 1.99. The van der Waals surface area contributed by atoms with Crippen molar-refractivity contribution in [2.24, 2.45) is 0 Å². The lowest BCUT2D eigenvalue weighted by Crippen LogP contribution is -2.19. The van der Waals surface area contributed by atoms with Crippen LogP contribution in [0, 0.1) is 11.8 Å². The smallest absolute Gasteiger partial charge is 0.236 e. The maximum atomic E-state index is 10.6. The largest absolute Gasteiger partial charge is 0.480 e. The summed E-state index contributed by atoms with van der Waals surface area (Å²) in [6.45, 7) is 1.75. The quantitative estimate of drug-likeness (QED) is 0.695. The Bertz CT molecular complexity index is 446. The maximum absolute atomic E-state index is 10.6. The summed E-state index contributed by atoms with van der Waals surface area (Å²) >= 11 is 0. The lowest BCUT2D eigenvalue weighted by Gasteiger charge is -2.01. The lowest BCUT2D eigenvalue weighted by atomic mass is 10.2. The third-order valence-electron chi connectivity index (χ3n) is 1.73. The van der Waals surface area contributed by atoms with E-state index in [1.165, 1.54) is 14.0 Å². The number of carbonyl (C=O) groups is 1. The van der Waals surface area contributed by atoms with Gasteiger partial charge >= 0.3 is 0 Å². The third kappa shape index (κ3) is 3.50. The molecule has 1 amide bonds. The molecule has 0 aliphatic heterocycles. The van der Waals surface area contributed by atoms with E-state index in [0.29, 0.717) is 23.7 Å². The molecule has 5 nitrogen and oxygen atoms in total. The number of amides is 1. The number of methoxy groups -OCH3 is 1. The number of pyridine rings is 1. The minimum absolute atomic E-state index is 0.110. The molecule has 0 atom stereocenters. The molecule has 1 aromatic rings. The van der Waals surface area contributed by atoms with Crippen LogP contribution in [0.3, 0.4) is 0 Å². The van der Waals surface area contributed by atoms with Crippen molar-refractivity contribution < 1.29 is 9.53 Å². The Hall–Kier alpha value is -2.22. The van der Waals surface area contributed by atoms with E-state index < -0.39 is 0 Å². The van der Waals surface area contributed by atoms with E-state index in [-0.39, 0.29) is 5.91 Å². The molecule has 5 heteroatoms. The standard InChI is InChI=1S/C11H13N3O2/c1-8(15)13-5-3-4-9-6-10(12)11(16-2)14-7-9/h6-7H,5,12H2,1-2H3,(H,13,15). The van der Waals surface area contributed by atoms with Crippen LogP contribution in [-0.4, -0.2) is 24.5 Å². The molecular weight excluding hydrogens is 206 g/mol. The molecule has 0 bridgehead atoms. The first-order valence-corrected chi connectivity index (χ1v) is 4.66. The van der Waals surface area contributed by atoms with E-state index in [9.17, 15) is 4.79 Å². The van der Waals surface area contributed by atoms with Crippen LogP contribution in [0.4, 0.5) is 5.69 Å². The molecule has 16 heavy (non-hydrogen) atoms. The Labute approximate surface area is 94.0 Å². The molecule has 0 aliphatic carbocycles. The van der Waals surface area contributed by atoms with Crippen LogP contribution in [0.15, 0.2) is 12.3 Å². The summed E-state index contributed by atoms with van der Waals surface area (Å²) in [4.78, 5) is 14.5. The van der Waals surface area contributed by atoms with E-state index >= 15 is 0 Å². The summed E-state index contributed by atoms with van der Waals surface area (Å²) < 4.78 is 4.92. The number of ether oxygens (including phenoxy) is 1. The molecule has 0 saturated heterocycles. The number of rotatable bonds is 2. The fourth-order valence-electron chi connectivity index (χ4n) is 1.02. The van der Waals surface area contributed by atoms with Gasteiger partial charge in [-0.2, -0.15) is 0 Å². The molecule has 0 saturated carbocycles. The molecule has 0 fully saturated rings. The predicted molar refractivity (Wildman–Crippen MR) is 60.8 cm³/mol. The monoisotopic (exact) mass is 219 g/mol. The topological polar surface area (TPSA) is 77.2 Å². The number of anilines is 1. The molecule has 0 aliphatic rings. The summed E-state index contributed by atoms with van der Waals surface area (Å²) in [6, 6.07) is 1.67. The van der Waals surface area contributed by atoms with Crippen LogP contribution in [0.25, 0.3) is 0 Å². The Morgan fingerprint density at radius 3 is 3.00 bits per heavy atom. The highest BCUT2D eigenvalue weighted by molar-refractivity contribution is 5.73. The van der Waals surface area contributed by atoms with Gasteiger partial charge in [-0.05, 0) is 6.07 Å². The van der Waals surface area contributed by atoms with Crippen molar-refractivity contribution in [2.45, 2.75) is 6.92 Å². The lowest BCUT2D eigenvalue weighted by molar-refractivity contribution is -0.118. The van der Waals surface area contributed by atoms with Gasteiger partial charge in [-0.1, -0.05) is 11.8 Å². The van der Waals surface area contributed by atoms with Gasteiger partial charge < -0.3 is 15.8 Å². The van der Waals surface area contributed by atoms with Crippen molar-refractivity contribution in [3.05, 3.63) is 17.8 Å². The van der Waals surface area contributed by atoms with E-state index in [4.69, 9.17) is 10.5 Å². The highest BCUT2D eigenvalue weighted by Crippen LogP contribution is 2.17. The highest BCUT2D eigenvalue weighted by atomic mass is 16.5. The summed E-state index contributed by atoms with van der Waals surface area (Å²) in [7, 11) is 1.50. The fraction of sp³-hybridized carbons (Fsp3) is 0.273. The van der Waals surface area contributed by atoms with Crippen LogP contribution in [-0.2, 0) is 4.79 Å². The fourth-order valence-corrected chi connectivity index (χ4v) is 1.02. The summed E-state index contributed by atoms with van der Waals surface area (Å²) in [6.07, 6.45) is 1.57. The van der Waals surface area contributed by atoms with Crippen LogP contribution < -0.4 is 15.8 Å². The zero-order valence-electron chi connectivity index (χ0n) is 9.20. The number of carbonyl (C=O) groups excluding carboxylic acids is 1. The second-order valence-corrected chi connectivity index (χ2v) is 3.03. The van der Waals surface area contributed by atoms with Gasteiger partial charge in [0.2, 0.25) is 11.8 Å². The van der Waals surface area contributed by atoms with Crippen molar-refractivity contribution in [3.63, 3.8) is 0 Å². The van der Waals surface area contributed by atoms with E-state index in [1.807, 2.05) is 0 Å². The minimum Gasteiger partial charge on any atom is -0.480 e. The van der Waals surface area contributed by atoms with Crippen LogP contribution in [0.5, 0.6) is 5.88 Å². The Kier molecular flexibility index (Phi) is 4.16. The van der Waals surface area contributed by atoms with Crippen molar-refractivity contribution in [2.75, 3.05) is 19.4 Å². The SMILES string of the molecule is COc1ncc(C#CCNC(C)=O)cc1N. The summed E-state index contributed by atoms with van der Waals surface area (Å²) in [5.74, 6) is 5.88. The normalized spacial score (nSPS) is 8.88. The van der Waals surface area contributed by atoms with Crippen LogP contribution in [0.1, 0.15) is 12.5 Å². The first kappa shape index (κ1) is 11.9. The third-order valence-corrected chi connectivity index (χ3v) is 1.73. The molecule has 84 valence electrons. The van der Waals surface area contributed by atoms with E-state index in [0.717, 1.165) is 0 Å². The molecule has 1 rings (SSSR count). The molecule has 0 radical (unpaired) electrons. The second-order valence-electron chi connectivity index (χ2n) is 3.03. The predicted octanol–water partition coefficient (Wildman–Crippen LogP) is 0.160. The molecule has 0 spiro atoms. The molecule has 0 unspecified atom stereocenters. The summed E-state index contributed by atoms with van der Waals surface area (Å²) in [5.41, 5.74) is 6.78. The molecule has 1 aromatic heterocycles. The first-order valence-electron chi connectivity index (χ1n) is 4.66. The zero-order chi connectivity index (χ0) is 12.0. The maximum Gasteiger partial charge on any atom is 0.236 e. The Morgan fingerprint density at radius 2 is 2.44 bits per heavy atom. The van der Waals surface area contributed by atoms with Crippen LogP contribution >= 0.6 is 0 Å².